The highest BCUT2D eigenvalue weighted by atomic mass is 16.5. The van der Waals surface area contributed by atoms with E-state index in [0.717, 1.165) is 24.5 Å². The summed E-state index contributed by atoms with van der Waals surface area (Å²) in [5, 5.41) is 0. The summed E-state index contributed by atoms with van der Waals surface area (Å²) in [4.78, 5) is 6.80. The number of hydrazine groups is 1. The first-order chi connectivity index (χ1) is 9.02. The Morgan fingerprint density at radius 3 is 2.53 bits per heavy atom. The molecule has 3 N–H and O–H groups in total. The van der Waals surface area contributed by atoms with Crippen molar-refractivity contribution < 1.29 is 4.74 Å². The van der Waals surface area contributed by atoms with E-state index in [1.54, 1.807) is 13.3 Å². The van der Waals surface area contributed by atoms with Gasteiger partial charge < -0.3 is 4.74 Å². The fourth-order valence-electron chi connectivity index (χ4n) is 2.63. The van der Waals surface area contributed by atoms with E-state index in [4.69, 9.17) is 10.6 Å². The Morgan fingerprint density at radius 2 is 2.05 bits per heavy atom. The summed E-state index contributed by atoms with van der Waals surface area (Å²) < 4.78 is 5.39. The number of methoxy groups -OCH3 is 1. The van der Waals surface area contributed by atoms with Crippen molar-refractivity contribution in [2.45, 2.75) is 39.3 Å². The van der Waals surface area contributed by atoms with Gasteiger partial charge in [0.25, 0.3) is 0 Å². The van der Waals surface area contributed by atoms with Crippen molar-refractivity contribution in [3.8, 4) is 5.75 Å². The second kappa shape index (κ2) is 6.84. The molecule has 1 atom stereocenters. The number of likely N-dealkylation sites (N-methyl/N-ethyl adjacent to an activating group) is 1. The fraction of sp³-hybridized carbons (Fsp3) is 0.643. The van der Waals surface area contributed by atoms with Crippen LogP contribution in [0.5, 0.6) is 5.75 Å². The molecular formula is C14H26N4O. The van der Waals surface area contributed by atoms with E-state index in [1.165, 1.54) is 0 Å². The van der Waals surface area contributed by atoms with Gasteiger partial charge in [0.15, 0.2) is 0 Å². The summed E-state index contributed by atoms with van der Waals surface area (Å²) in [6.45, 7) is 10.5. The standard InChI is InChI=1S/C14H26N4O/c1-6-18(7-2)14(3,4)13(17-15)12-11(19-5)9-8-10-16-12/h8-10,13,17H,6-7,15H2,1-5H3. The van der Waals surface area contributed by atoms with Crippen molar-refractivity contribution >= 4 is 0 Å². The topological polar surface area (TPSA) is 63.4 Å². The summed E-state index contributed by atoms with van der Waals surface area (Å²) in [6, 6.07) is 3.66. The Kier molecular flexibility index (Phi) is 5.72. The molecule has 0 aliphatic heterocycles. The molecule has 0 spiro atoms. The number of hydrogen-bond acceptors (Lipinski definition) is 5. The number of nitrogens with one attached hydrogen (secondary N) is 1. The number of pyridine rings is 1. The molecule has 0 fully saturated rings. The van der Waals surface area contributed by atoms with E-state index in [9.17, 15) is 0 Å². The summed E-state index contributed by atoms with van der Waals surface area (Å²) in [5.74, 6) is 6.54. The molecule has 1 rings (SSSR count). The van der Waals surface area contributed by atoms with Gasteiger partial charge in [-0.1, -0.05) is 13.8 Å². The highest BCUT2D eigenvalue weighted by Crippen LogP contribution is 2.33. The molecule has 5 heteroatoms. The van der Waals surface area contributed by atoms with E-state index in [-0.39, 0.29) is 11.6 Å². The first kappa shape index (κ1) is 15.9. The molecule has 1 unspecified atom stereocenters. The minimum absolute atomic E-state index is 0.108. The number of nitrogens with zero attached hydrogens (tertiary/aromatic N) is 2. The van der Waals surface area contributed by atoms with Crippen molar-refractivity contribution in [2.75, 3.05) is 20.2 Å². The van der Waals surface area contributed by atoms with Crippen LogP contribution in [0.3, 0.4) is 0 Å². The van der Waals surface area contributed by atoms with Gasteiger partial charge >= 0.3 is 0 Å². The zero-order valence-corrected chi connectivity index (χ0v) is 12.6. The lowest BCUT2D eigenvalue weighted by molar-refractivity contribution is 0.0883. The van der Waals surface area contributed by atoms with Gasteiger partial charge in [-0.2, -0.15) is 0 Å². The second-order valence-electron chi connectivity index (χ2n) is 5.02. The van der Waals surface area contributed by atoms with Gasteiger partial charge in [-0.25, -0.2) is 5.43 Å². The summed E-state index contributed by atoms with van der Waals surface area (Å²) in [6.07, 6.45) is 1.76. The first-order valence-corrected chi connectivity index (χ1v) is 6.72. The molecule has 0 saturated heterocycles. The first-order valence-electron chi connectivity index (χ1n) is 6.72. The van der Waals surface area contributed by atoms with Crippen LogP contribution in [0.4, 0.5) is 0 Å². The van der Waals surface area contributed by atoms with Crippen LogP contribution < -0.4 is 16.0 Å². The van der Waals surface area contributed by atoms with Gasteiger partial charge in [0, 0.05) is 11.7 Å². The lowest BCUT2D eigenvalue weighted by Gasteiger charge is -2.43. The molecule has 5 nitrogen and oxygen atoms in total. The Morgan fingerprint density at radius 1 is 1.42 bits per heavy atom. The molecule has 0 bridgehead atoms. The van der Waals surface area contributed by atoms with Crippen LogP contribution >= 0.6 is 0 Å². The molecule has 1 aromatic rings. The maximum atomic E-state index is 5.79. The molecule has 0 saturated carbocycles. The van der Waals surface area contributed by atoms with E-state index in [1.807, 2.05) is 12.1 Å². The summed E-state index contributed by atoms with van der Waals surface area (Å²) in [5.41, 5.74) is 3.57. The van der Waals surface area contributed by atoms with Crippen LogP contribution in [0.25, 0.3) is 0 Å². The van der Waals surface area contributed by atoms with Crippen molar-refractivity contribution in [1.82, 2.24) is 15.3 Å². The van der Waals surface area contributed by atoms with Crippen LogP contribution in [0.1, 0.15) is 39.4 Å². The van der Waals surface area contributed by atoms with E-state index in [2.05, 4.69) is 43.0 Å². The third-order valence-corrected chi connectivity index (χ3v) is 3.74. The number of ether oxygens (including phenoxy) is 1. The Hall–Kier alpha value is -1.17. The van der Waals surface area contributed by atoms with E-state index in [0.29, 0.717) is 0 Å². The maximum absolute atomic E-state index is 5.79. The lowest BCUT2D eigenvalue weighted by atomic mass is 9.89. The minimum Gasteiger partial charge on any atom is -0.495 e. The fourth-order valence-corrected chi connectivity index (χ4v) is 2.63. The van der Waals surface area contributed by atoms with E-state index < -0.39 is 0 Å². The van der Waals surface area contributed by atoms with Crippen LogP contribution in [0.15, 0.2) is 18.3 Å². The SMILES string of the molecule is CCN(CC)C(C)(C)C(NN)c1ncccc1OC. The summed E-state index contributed by atoms with van der Waals surface area (Å²) >= 11 is 0. The second-order valence-corrected chi connectivity index (χ2v) is 5.02. The van der Waals surface area contributed by atoms with Gasteiger partial charge in [0.05, 0.1) is 13.2 Å². The minimum atomic E-state index is -0.167. The third kappa shape index (κ3) is 3.23. The number of nitrogens with two attached hydrogens (primary N) is 1. The van der Waals surface area contributed by atoms with Gasteiger partial charge in [0.2, 0.25) is 0 Å². The van der Waals surface area contributed by atoms with Crippen LogP contribution in [-0.4, -0.2) is 35.6 Å². The van der Waals surface area contributed by atoms with Gasteiger partial charge in [-0.3, -0.25) is 15.7 Å². The predicted octanol–water partition coefficient (Wildman–Crippen LogP) is 1.71. The molecule has 0 aromatic carbocycles. The maximum Gasteiger partial charge on any atom is 0.142 e. The Balaban J connectivity index is 3.18. The normalized spacial score (nSPS) is 13.6. The number of rotatable bonds is 7. The van der Waals surface area contributed by atoms with Crippen molar-refractivity contribution in [3.63, 3.8) is 0 Å². The highest BCUT2D eigenvalue weighted by Gasteiger charge is 2.36. The highest BCUT2D eigenvalue weighted by molar-refractivity contribution is 5.31. The van der Waals surface area contributed by atoms with Crippen molar-refractivity contribution in [3.05, 3.63) is 24.0 Å². The largest absolute Gasteiger partial charge is 0.495 e. The summed E-state index contributed by atoms with van der Waals surface area (Å²) in [7, 11) is 1.65. The number of hydrogen-bond donors (Lipinski definition) is 2. The van der Waals surface area contributed by atoms with E-state index >= 15 is 0 Å². The van der Waals surface area contributed by atoms with Crippen molar-refractivity contribution in [1.29, 1.82) is 0 Å². The van der Waals surface area contributed by atoms with Crippen molar-refractivity contribution in [2.24, 2.45) is 5.84 Å². The monoisotopic (exact) mass is 266 g/mol. The molecule has 0 radical (unpaired) electrons. The quantitative estimate of drug-likeness (QED) is 0.581. The number of aromatic nitrogens is 1. The van der Waals surface area contributed by atoms with Crippen LogP contribution in [-0.2, 0) is 0 Å². The molecular weight excluding hydrogens is 240 g/mol. The molecule has 108 valence electrons. The molecule has 1 heterocycles. The van der Waals surface area contributed by atoms with Gasteiger partial charge in [-0.05, 0) is 39.1 Å². The average molecular weight is 266 g/mol. The third-order valence-electron chi connectivity index (χ3n) is 3.74. The molecule has 0 aliphatic carbocycles. The van der Waals surface area contributed by atoms with Gasteiger partial charge in [0.1, 0.15) is 11.4 Å². The molecule has 1 aromatic heterocycles. The zero-order valence-electron chi connectivity index (χ0n) is 12.6. The molecule has 0 amide bonds. The Labute approximate surface area is 116 Å². The molecule has 19 heavy (non-hydrogen) atoms. The van der Waals surface area contributed by atoms with Crippen LogP contribution in [0, 0.1) is 0 Å². The lowest BCUT2D eigenvalue weighted by Crippen LogP contribution is -2.54. The van der Waals surface area contributed by atoms with Gasteiger partial charge in [-0.15, -0.1) is 0 Å². The molecule has 0 aliphatic rings. The predicted molar refractivity (Wildman–Crippen MR) is 77.9 cm³/mol. The average Bonchev–Trinajstić information content (AvgIpc) is 2.40. The Bertz CT molecular complexity index is 391. The smallest absolute Gasteiger partial charge is 0.142 e. The zero-order chi connectivity index (χ0) is 14.5. The van der Waals surface area contributed by atoms with Crippen LogP contribution in [0.2, 0.25) is 0 Å².